The minimum atomic E-state index is -1.12. The summed E-state index contributed by atoms with van der Waals surface area (Å²) in [5, 5.41) is 23.4. The van der Waals surface area contributed by atoms with E-state index in [-0.39, 0.29) is 0 Å². The molecule has 0 amide bonds. The monoisotopic (exact) mass is 269 g/mol. The van der Waals surface area contributed by atoms with E-state index in [2.05, 4.69) is 17.3 Å². The van der Waals surface area contributed by atoms with Gasteiger partial charge >= 0.3 is 0 Å². The fraction of sp³-hybridized carbons (Fsp3) is 0.214. The number of rotatable bonds is 1. The maximum atomic E-state index is 9.44. The van der Waals surface area contributed by atoms with Gasteiger partial charge in [-0.3, -0.25) is 0 Å². The lowest BCUT2D eigenvalue weighted by atomic mass is 9.76. The highest BCUT2D eigenvalue weighted by molar-refractivity contribution is 6.30. The number of fused-ring (bicyclic) bond motifs is 1. The molecule has 0 radical (unpaired) electrons. The molecular weight excluding hydrogens is 262 g/mol. The summed E-state index contributed by atoms with van der Waals surface area (Å²) in [7, 11) is 0. The number of aromatic nitrogens is 1. The highest BCUT2D eigenvalue weighted by Gasteiger charge is 2.50. The second-order valence-electron chi connectivity index (χ2n) is 4.58. The molecule has 2 aromatic rings. The van der Waals surface area contributed by atoms with Gasteiger partial charge in [0.15, 0.2) is 5.41 Å². The van der Waals surface area contributed by atoms with Crippen molar-refractivity contribution in [2.75, 3.05) is 0 Å². The van der Waals surface area contributed by atoms with Crippen LogP contribution in [0.25, 0.3) is 0 Å². The molecule has 0 saturated heterocycles. The SMILES string of the molecule is N#CC1(C#N)Cc2conc2C1c1ccc(Cl)cc1. The van der Waals surface area contributed by atoms with Gasteiger partial charge in [-0.05, 0) is 17.7 Å². The van der Waals surface area contributed by atoms with Crippen molar-refractivity contribution in [3.63, 3.8) is 0 Å². The molecule has 3 rings (SSSR count). The number of halogens is 1. The predicted molar refractivity (Wildman–Crippen MR) is 67.2 cm³/mol. The third-order valence-electron chi connectivity index (χ3n) is 3.51. The average molecular weight is 270 g/mol. The van der Waals surface area contributed by atoms with Crippen LogP contribution >= 0.6 is 11.6 Å². The normalized spacial score (nSPS) is 19.4. The van der Waals surface area contributed by atoms with Gasteiger partial charge in [-0.2, -0.15) is 10.5 Å². The quantitative estimate of drug-likeness (QED) is 0.797. The third-order valence-corrected chi connectivity index (χ3v) is 3.76. The van der Waals surface area contributed by atoms with Gasteiger partial charge < -0.3 is 4.52 Å². The van der Waals surface area contributed by atoms with Crippen molar-refractivity contribution in [1.82, 2.24) is 5.16 Å². The lowest BCUT2D eigenvalue weighted by Gasteiger charge is -2.21. The zero-order valence-electron chi connectivity index (χ0n) is 9.80. The van der Waals surface area contributed by atoms with Crippen molar-refractivity contribution in [3.8, 4) is 12.1 Å². The summed E-state index contributed by atoms with van der Waals surface area (Å²) in [5.74, 6) is -0.395. The van der Waals surface area contributed by atoms with Crippen molar-refractivity contribution < 1.29 is 4.52 Å². The maximum absolute atomic E-state index is 9.44. The second kappa shape index (κ2) is 4.12. The molecule has 1 atom stereocenters. The number of benzene rings is 1. The predicted octanol–water partition coefficient (Wildman–Crippen LogP) is 3.05. The molecule has 0 saturated carbocycles. The summed E-state index contributed by atoms with van der Waals surface area (Å²) in [4.78, 5) is 0. The van der Waals surface area contributed by atoms with E-state index in [1.165, 1.54) is 6.26 Å². The largest absolute Gasteiger partial charge is 0.364 e. The van der Waals surface area contributed by atoms with E-state index in [0.717, 1.165) is 11.1 Å². The number of hydrogen-bond donors (Lipinski definition) is 0. The van der Waals surface area contributed by atoms with Crippen molar-refractivity contribution in [3.05, 3.63) is 52.4 Å². The van der Waals surface area contributed by atoms with Gasteiger partial charge in [0.05, 0.1) is 23.8 Å². The Kier molecular flexibility index (Phi) is 2.55. The molecule has 0 fully saturated rings. The van der Waals surface area contributed by atoms with Crippen molar-refractivity contribution in [2.45, 2.75) is 12.3 Å². The Balaban J connectivity index is 2.18. The maximum Gasteiger partial charge on any atom is 0.160 e. The van der Waals surface area contributed by atoms with Crippen LogP contribution in [0.4, 0.5) is 0 Å². The van der Waals surface area contributed by atoms with Gasteiger partial charge in [0.25, 0.3) is 0 Å². The smallest absolute Gasteiger partial charge is 0.160 e. The Labute approximate surface area is 114 Å². The molecule has 0 bridgehead atoms. The summed E-state index contributed by atoms with van der Waals surface area (Å²) in [6, 6.07) is 11.4. The Morgan fingerprint density at radius 3 is 2.58 bits per heavy atom. The minimum Gasteiger partial charge on any atom is -0.364 e. The third kappa shape index (κ3) is 1.62. The van der Waals surface area contributed by atoms with E-state index < -0.39 is 11.3 Å². The molecule has 1 unspecified atom stereocenters. The van der Waals surface area contributed by atoms with Crippen molar-refractivity contribution in [2.24, 2.45) is 5.41 Å². The zero-order valence-corrected chi connectivity index (χ0v) is 10.6. The topological polar surface area (TPSA) is 73.6 Å². The molecule has 0 aliphatic heterocycles. The first kappa shape index (κ1) is 11.8. The van der Waals surface area contributed by atoms with Crippen LogP contribution < -0.4 is 0 Å². The van der Waals surface area contributed by atoms with E-state index in [1.807, 2.05) is 12.1 Å². The molecule has 1 heterocycles. The van der Waals surface area contributed by atoms with Crippen LogP contribution in [0.15, 0.2) is 35.1 Å². The number of hydrogen-bond acceptors (Lipinski definition) is 4. The van der Waals surface area contributed by atoms with Crippen LogP contribution in [0.2, 0.25) is 5.02 Å². The average Bonchev–Trinajstić information content (AvgIpc) is 2.98. The molecule has 19 heavy (non-hydrogen) atoms. The van der Waals surface area contributed by atoms with Crippen LogP contribution in [-0.2, 0) is 6.42 Å². The number of nitriles is 2. The van der Waals surface area contributed by atoms with Crippen LogP contribution in [0.1, 0.15) is 22.7 Å². The van der Waals surface area contributed by atoms with Gasteiger partial charge in [0.1, 0.15) is 6.26 Å². The molecule has 0 N–H and O–H groups in total. The molecule has 1 aromatic heterocycles. The van der Waals surface area contributed by atoms with Crippen molar-refractivity contribution >= 4 is 11.6 Å². The van der Waals surface area contributed by atoms with E-state index >= 15 is 0 Å². The van der Waals surface area contributed by atoms with E-state index in [1.54, 1.807) is 12.1 Å². The van der Waals surface area contributed by atoms with Crippen LogP contribution in [0.5, 0.6) is 0 Å². The fourth-order valence-electron chi connectivity index (χ4n) is 2.60. The summed E-state index contributed by atoms with van der Waals surface area (Å²) in [5.41, 5.74) is 1.22. The molecular formula is C14H8ClN3O. The van der Waals surface area contributed by atoms with E-state index in [0.29, 0.717) is 17.1 Å². The van der Waals surface area contributed by atoms with E-state index in [9.17, 15) is 10.5 Å². The molecule has 5 heteroatoms. The molecule has 92 valence electrons. The van der Waals surface area contributed by atoms with Crippen LogP contribution in [0.3, 0.4) is 0 Å². The molecule has 0 spiro atoms. The Morgan fingerprint density at radius 1 is 1.26 bits per heavy atom. The minimum absolute atomic E-state index is 0.339. The number of nitrogens with zero attached hydrogens (tertiary/aromatic N) is 3. The summed E-state index contributed by atoms with van der Waals surface area (Å²) in [6.07, 6.45) is 1.85. The summed E-state index contributed by atoms with van der Waals surface area (Å²) >= 11 is 5.87. The van der Waals surface area contributed by atoms with Crippen LogP contribution in [-0.4, -0.2) is 5.16 Å². The van der Waals surface area contributed by atoms with Crippen molar-refractivity contribution in [1.29, 1.82) is 10.5 Å². The first-order valence-electron chi connectivity index (χ1n) is 5.71. The van der Waals surface area contributed by atoms with Gasteiger partial charge in [-0.25, -0.2) is 0 Å². The lowest BCUT2D eigenvalue weighted by molar-refractivity contribution is 0.382. The molecule has 4 nitrogen and oxygen atoms in total. The van der Waals surface area contributed by atoms with Gasteiger partial charge in [-0.15, -0.1) is 0 Å². The summed E-state index contributed by atoms with van der Waals surface area (Å²) in [6.45, 7) is 0. The van der Waals surface area contributed by atoms with E-state index in [4.69, 9.17) is 16.1 Å². The highest BCUT2D eigenvalue weighted by Crippen LogP contribution is 2.49. The lowest BCUT2D eigenvalue weighted by Crippen LogP contribution is -2.23. The zero-order chi connectivity index (χ0) is 13.5. The Hall–Kier alpha value is -2.30. The Morgan fingerprint density at radius 2 is 1.95 bits per heavy atom. The fourth-order valence-corrected chi connectivity index (χ4v) is 2.73. The highest BCUT2D eigenvalue weighted by atomic mass is 35.5. The molecule has 1 aromatic carbocycles. The van der Waals surface area contributed by atoms with Gasteiger partial charge in [0, 0.05) is 17.0 Å². The van der Waals surface area contributed by atoms with Crippen LogP contribution in [0, 0.1) is 28.1 Å². The van der Waals surface area contributed by atoms with Gasteiger partial charge in [0.2, 0.25) is 0 Å². The second-order valence-corrected chi connectivity index (χ2v) is 5.02. The summed E-state index contributed by atoms with van der Waals surface area (Å²) < 4.78 is 4.95. The van der Waals surface area contributed by atoms with Gasteiger partial charge in [-0.1, -0.05) is 28.9 Å². The first-order chi connectivity index (χ1) is 9.20. The Bertz CT molecular complexity index is 692. The standard InChI is InChI=1S/C14H8ClN3O/c15-11-3-1-9(2-4-11)12-13-10(6-19-18-13)5-14(12,7-16)8-17/h1-4,6,12H,5H2. The molecule has 1 aliphatic carbocycles. The molecule has 1 aliphatic rings. The first-order valence-corrected chi connectivity index (χ1v) is 6.09.